The van der Waals surface area contributed by atoms with Crippen LogP contribution >= 0.6 is 0 Å². The minimum atomic E-state index is -0.797. The van der Waals surface area contributed by atoms with Crippen molar-refractivity contribution in [2.45, 2.75) is 168 Å². The number of imidazole rings is 2. The lowest BCUT2D eigenvalue weighted by Gasteiger charge is -2.41. The van der Waals surface area contributed by atoms with Crippen LogP contribution in [0.5, 0.6) is 5.75 Å². The largest absolute Gasteiger partial charge is 0.488 e. The molecule has 0 spiro atoms. The summed E-state index contributed by atoms with van der Waals surface area (Å²) in [5.74, 6) is 1.56. The molecule has 380 valence electrons. The number of hydrogen-bond acceptors (Lipinski definition) is 11. The number of alkyl carbamates (subject to hydrolysis) is 2. The van der Waals surface area contributed by atoms with Crippen LogP contribution in [0.15, 0.2) is 48.7 Å². The van der Waals surface area contributed by atoms with Gasteiger partial charge in [-0.3, -0.25) is 9.59 Å². The zero-order chi connectivity index (χ0) is 50.4. The highest BCUT2D eigenvalue weighted by Gasteiger charge is 2.45. The van der Waals surface area contributed by atoms with Crippen molar-refractivity contribution < 1.29 is 42.9 Å². The highest BCUT2D eigenvalue weighted by molar-refractivity contribution is 6.07. The molecule has 3 saturated heterocycles. The molecule has 4 aliphatic rings. The smallest absolute Gasteiger partial charge is 0.407 e. The second-order valence-corrected chi connectivity index (χ2v) is 20.6. The second-order valence-electron chi connectivity index (χ2n) is 20.6. The first-order valence-electron chi connectivity index (χ1n) is 25.5. The molecule has 10 atom stereocenters. The molecule has 0 radical (unpaired) electrons. The van der Waals surface area contributed by atoms with Gasteiger partial charge in [0.2, 0.25) is 11.8 Å². The minimum Gasteiger partial charge on any atom is -0.488 e. The van der Waals surface area contributed by atoms with E-state index < -0.39 is 30.3 Å². The van der Waals surface area contributed by atoms with E-state index in [4.69, 9.17) is 33.7 Å². The number of fused-ring (bicyclic) bond motifs is 6. The van der Waals surface area contributed by atoms with Crippen molar-refractivity contribution in [2.75, 3.05) is 14.2 Å². The molecule has 17 heteroatoms. The molecular formula is C54H70N8O9. The number of aromatic amines is 2. The molecule has 4 aliphatic heterocycles. The Balaban J connectivity index is 0.960. The summed E-state index contributed by atoms with van der Waals surface area (Å²) in [6.07, 6.45) is 5.20. The number of likely N-dealkylation sites (tertiary alicyclic amines) is 1. The second kappa shape index (κ2) is 20.5. The van der Waals surface area contributed by atoms with E-state index in [0.29, 0.717) is 50.4 Å². The molecule has 0 unspecified atom stereocenters. The van der Waals surface area contributed by atoms with Gasteiger partial charge in [-0.15, -0.1) is 0 Å². The molecule has 9 rings (SSSR count). The summed E-state index contributed by atoms with van der Waals surface area (Å²) < 4.78 is 28.5. The molecule has 17 nitrogen and oxygen atoms in total. The van der Waals surface area contributed by atoms with Crippen molar-refractivity contribution in [3.05, 3.63) is 65.9 Å². The van der Waals surface area contributed by atoms with Gasteiger partial charge in [-0.2, -0.15) is 0 Å². The monoisotopic (exact) mass is 975 g/mol. The number of H-pyrrole nitrogens is 2. The Kier molecular flexibility index (Phi) is 14.4. The molecule has 4 amide bonds. The van der Waals surface area contributed by atoms with Gasteiger partial charge in [-0.25, -0.2) is 19.6 Å². The van der Waals surface area contributed by atoms with Crippen LogP contribution in [-0.4, -0.2) is 117 Å². The Morgan fingerprint density at radius 2 is 1.46 bits per heavy atom. The summed E-state index contributed by atoms with van der Waals surface area (Å²) in [6.45, 7) is 16.5. The Morgan fingerprint density at radius 1 is 0.817 bits per heavy atom. The maximum Gasteiger partial charge on any atom is 0.407 e. The fourth-order valence-electron chi connectivity index (χ4n) is 12.0. The number of aromatic nitrogens is 4. The third kappa shape index (κ3) is 9.91. The van der Waals surface area contributed by atoms with Crippen LogP contribution < -0.4 is 15.4 Å². The SMILES string of the molecule is CC[C@H](C)N(C(=O)[C@@H](NC(=O)OC)C1C[C@@H](C)O[C@H](C)C1)[C@@H](C)c1nc2ccc3cc4c(cc3c2[nH]1)OCc1cc(-c2cnc([C@@H]3CC[C@H](C)N3C(=O)[C@@H](NC(=O)OC)C3C[C@@H](C)O[C@H](C)C3)[nH]2)ccc1-4. The fourth-order valence-corrected chi connectivity index (χ4v) is 12.0. The average Bonchev–Trinajstić information content (AvgIpc) is 4.12. The van der Waals surface area contributed by atoms with Gasteiger partial charge in [0.1, 0.15) is 36.1 Å². The normalized spacial score (nSPS) is 25.8. The number of amides is 4. The van der Waals surface area contributed by atoms with E-state index in [1.165, 1.54) is 14.2 Å². The molecule has 3 fully saturated rings. The molecule has 71 heavy (non-hydrogen) atoms. The molecule has 3 aromatic carbocycles. The van der Waals surface area contributed by atoms with Gasteiger partial charge in [-0.05, 0) is 152 Å². The molecular weight excluding hydrogens is 905 g/mol. The van der Waals surface area contributed by atoms with Gasteiger partial charge in [0, 0.05) is 23.0 Å². The van der Waals surface area contributed by atoms with E-state index in [1.807, 2.05) is 63.6 Å². The minimum absolute atomic E-state index is 0.0352. The topological polar surface area (TPSA) is 202 Å². The first kappa shape index (κ1) is 49.8. The van der Waals surface area contributed by atoms with E-state index in [9.17, 15) is 19.2 Å². The Hall–Kier alpha value is -6.20. The number of carbonyl (C=O) groups excluding carboxylic acids is 4. The fraction of sp³-hybridized carbons (Fsp3) is 0.556. The summed E-state index contributed by atoms with van der Waals surface area (Å²) in [4.78, 5) is 75.4. The molecule has 2 aromatic heterocycles. The van der Waals surface area contributed by atoms with Crippen molar-refractivity contribution in [1.82, 2.24) is 40.4 Å². The number of carbonyl (C=O) groups is 4. The van der Waals surface area contributed by atoms with Gasteiger partial charge in [0.05, 0.1) is 73.6 Å². The van der Waals surface area contributed by atoms with Crippen LogP contribution in [0, 0.1) is 11.8 Å². The van der Waals surface area contributed by atoms with E-state index in [2.05, 4.69) is 70.8 Å². The van der Waals surface area contributed by atoms with Crippen molar-refractivity contribution in [2.24, 2.45) is 11.8 Å². The highest BCUT2D eigenvalue weighted by atomic mass is 16.5. The molecule has 6 heterocycles. The number of rotatable bonds is 12. The quantitative estimate of drug-likeness (QED) is 0.0928. The van der Waals surface area contributed by atoms with Crippen molar-refractivity contribution in [1.29, 1.82) is 0 Å². The number of benzene rings is 3. The van der Waals surface area contributed by atoms with Crippen LogP contribution in [0.2, 0.25) is 0 Å². The van der Waals surface area contributed by atoms with Crippen molar-refractivity contribution >= 4 is 45.8 Å². The van der Waals surface area contributed by atoms with E-state index in [-0.39, 0.29) is 66.2 Å². The summed E-state index contributed by atoms with van der Waals surface area (Å²) in [5, 5.41) is 7.74. The number of ether oxygens (including phenoxy) is 5. The third-order valence-electron chi connectivity index (χ3n) is 15.5. The first-order chi connectivity index (χ1) is 34.0. The first-order valence-corrected chi connectivity index (χ1v) is 25.5. The maximum atomic E-state index is 14.8. The van der Waals surface area contributed by atoms with Gasteiger partial charge >= 0.3 is 12.2 Å². The standard InChI is InChI=1S/C54H70N8O9/c1-11-27(2)61(51(63)46(59-53(65)67-9)36-18-29(4)70-30(5)19-36)33(8)49-56-42-16-14-34-23-41-39-15-13-35(22-38(39)26-69-45(41)24-40(34)48(42)58-49)43-25-55-50(57-43)44-17-12-28(3)62(44)52(64)47(60-54(66)68-10)37-20-31(6)71-32(7)21-37/h13-16,22-25,27-33,36-37,44,46-47H,11-12,17-21,26H2,1-10H3,(H,55,57)(H,56,58)(H,59,65)(H,60,66)/t27-,28-,29+,30+,31+,32+,33-,44-,46-,47-/m0/s1. The van der Waals surface area contributed by atoms with Crippen LogP contribution in [-0.2, 0) is 35.1 Å². The van der Waals surface area contributed by atoms with Gasteiger partial charge in [0.25, 0.3) is 0 Å². The predicted octanol–water partition coefficient (Wildman–Crippen LogP) is 9.26. The van der Waals surface area contributed by atoms with E-state index in [0.717, 1.165) is 68.3 Å². The number of nitrogens with one attached hydrogen (secondary N) is 4. The van der Waals surface area contributed by atoms with Crippen molar-refractivity contribution in [3.8, 4) is 28.1 Å². The predicted molar refractivity (Wildman–Crippen MR) is 268 cm³/mol. The summed E-state index contributed by atoms with van der Waals surface area (Å²) in [6, 6.07) is 12.2. The number of nitrogens with zero attached hydrogens (tertiary/aromatic N) is 4. The summed E-state index contributed by atoms with van der Waals surface area (Å²) in [5.41, 5.74) is 6.49. The Labute approximate surface area is 415 Å². The Morgan fingerprint density at radius 3 is 2.11 bits per heavy atom. The zero-order valence-electron chi connectivity index (χ0n) is 42.7. The molecule has 0 saturated carbocycles. The maximum absolute atomic E-state index is 14.8. The number of hydrogen-bond donors (Lipinski definition) is 4. The third-order valence-corrected chi connectivity index (χ3v) is 15.5. The van der Waals surface area contributed by atoms with Crippen LogP contribution in [0.1, 0.15) is 130 Å². The van der Waals surface area contributed by atoms with Gasteiger partial charge < -0.3 is 54.1 Å². The van der Waals surface area contributed by atoms with Gasteiger partial charge in [-0.1, -0.05) is 25.1 Å². The lowest BCUT2D eigenvalue weighted by Crippen LogP contribution is -2.56. The average molecular weight is 975 g/mol. The van der Waals surface area contributed by atoms with Crippen molar-refractivity contribution in [3.63, 3.8) is 0 Å². The highest BCUT2D eigenvalue weighted by Crippen LogP contribution is 2.44. The van der Waals surface area contributed by atoms with Gasteiger partial charge in [0.15, 0.2) is 0 Å². The molecule has 5 aromatic rings. The summed E-state index contributed by atoms with van der Waals surface area (Å²) in [7, 11) is 2.63. The zero-order valence-corrected chi connectivity index (χ0v) is 42.7. The lowest BCUT2D eigenvalue weighted by molar-refractivity contribution is -0.142. The van der Waals surface area contributed by atoms with Crippen LogP contribution in [0.3, 0.4) is 0 Å². The lowest BCUT2D eigenvalue weighted by atomic mass is 9.85. The van der Waals surface area contributed by atoms with E-state index >= 15 is 0 Å². The van der Waals surface area contributed by atoms with E-state index in [1.54, 1.807) is 0 Å². The summed E-state index contributed by atoms with van der Waals surface area (Å²) >= 11 is 0. The molecule has 0 aliphatic carbocycles. The number of methoxy groups -OCH3 is 2. The molecule has 0 bridgehead atoms. The molecule has 4 N–H and O–H groups in total. The van der Waals surface area contributed by atoms with Crippen LogP contribution in [0.25, 0.3) is 44.2 Å². The Bertz CT molecular complexity index is 2770. The van der Waals surface area contributed by atoms with Crippen LogP contribution in [0.4, 0.5) is 9.59 Å².